The first kappa shape index (κ1) is 13.4. The Labute approximate surface area is 123 Å². The average molecular weight is 280 g/mol. The third-order valence-corrected chi connectivity index (χ3v) is 3.60. The van der Waals surface area contributed by atoms with Gasteiger partial charge in [-0.05, 0) is 24.6 Å². The predicted octanol–water partition coefficient (Wildman–Crippen LogP) is 4.23. The van der Waals surface area contributed by atoms with Crippen LogP contribution in [0.15, 0.2) is 52.9 Å². The number of methoxy groups -OCH3 is 1. The van der Waals surface area contributed by atoms with E-state index in [0.29, 0.717) is 11.3 Å². The molecule has 0 aliphatic heterocycles. The molecule has 3 rings (SSSR count). The Bertz CT molecular complexity index is 766. The minimum atomic E-state index is -0.109. The number of ketones is 1. The molecule has 0 amide bonds. The smallest absolute Gasteiger partial charge is 0.228 e. The number of rotatable bonds is 4. The van der Waals surface area contributed by atoms with Crippen molar-refractivity contribution in [1.82, 2.24) is 0 Å². The molecule has 106 valence electrons. The van der Waals surface area contributed by atoms with Gasteiger partial charge in [-0.15, -0.1) is 0 Å². The first-order chi connectivity index (χ1) is 10.2. The van der Waals surface area contributed by atoms with Crippen molar-refractivity contribution in [1.29, 1.82) is 0 Å². The molecule has 1 aromatic heterocycles. The van der Waals surface area contributed by atoms with E-state index in [9.17, 15) is 4.79 Å². The first-order valence-corrected chi connectivity index (χ1v) is 6.93. The Hall–Kier alpha value is -2.55. The lowest BCUT2D eigenvalue weighted by molar-refractivity contribution is 0.101. The van der Waals surface area contributed by atoms with E-state index in [1.165, 1.54) is 0 Å². The van der Waals surface area contributed by atoms with Gasteiger partial charge in [0.05, 0.1) is 7.11 Å². The molecule has 21 heavy (non-hydrogen) atoms. The van der Waals surface area contributed by atoms with Gasteiger partial charge in [-0.2, -0.15) is 0 Å². The molecule has 0 N–H and O–H groups in total. The van der Waals surface area contributed by atoms with Crippen molar-refractivity contribution in [2.24, 2.45) is 0 Å². The van der Waals surface area contributed by atoms with Crippen LogP contribution in [-0.4, -0.2) is 12.9 Å². The Morgan fingerprint density at radius 1 is 1.14 bits per heavy atom. The third-order valence-electron chi connectivity index (χ3n) is 3.60. The van der Waals surface area contributed by atoms with Gasteiger partial charge >= 0.3 is 0 Å². The van der Waals surface area contributed by atoms with Crippen LogP contribution in [-0.2, 0) is 6.42 Å². The topological polar surface area (TPSA) is 39.4 Å². The Kier molecular flexibility index (Phi) is 3.48. The highest BCUT2D eigenvalue weighted by atomic mass is 16.5. The standard InChI is InChI=1S/C18H16O3/c1-3-13-14(8-6-10-16(13)20-2)18(19)17-11-12-7-4-5-9-15(12)21-17/h4-11H,3H2,1-2H3. The van der Waals surface area contributed by atoms with E-state index in [4.69, 9.17) is 9.15 Å². The summed E-state index contributed by atoms with van der Waals surface area (Å²) >= 11 is 0. The molecule has 0 saturated carbocycles. The van der Waals surface area contributed by atoms with Crippen molar-refractivity contribution in [2.45, 2.75) is 13.3 Å². The van der Waals surface area contributed by atoms with Gasteiger partial charge in [0.2, 0.25) is 5.78 Å². The van der Waals surface area contributed by atoms with E-state index in [-0.39, 0.29) is 5.78 Å². The molecule has 0 saturated heterocycles. The number of benzene rings is 2. The van der Waals surface area contributed by atoms with Crippen molar-refractivity contribution >= 4 is 16.8 Å². The quantitative estimate of drug-likeness (QED) is 0.671. The molecule has 0 radical (unpaired) electrons. The first-order valence-electron chi connectivity index (χ1n) is 6.93. The van der Waals surface area contributed by atoms with Crippen LogP contribution in [0.2, 0.25) is 0 Å². The summed E-state index contributed by atoms with van der Waals surface area (Å²) in [5.41, 5.74) is 2.27. The summed E-state index contributed by atoms with van der Waals surface area (Å²) in [5.74, 6) is 0.987. The largest absolute Gasteiger partial charge is 0.496 e. The number of fused-ring (bicyclic) bond motifs is 1. The van der Waals surface area contributed by atoms with E-state index >= 15 is 0 Å². The molecule has 0 aliphatic carbocycles. The molecule has 1 heterocycles. The fourth-order valence-corrected chi connectivity index (χ4v) is 2.56. The molecule has 0 unspecified atom stereocenters. The predicted molar refractivity (Wildman–Crippen MR) is 82.0 cm³/mol. The lowest BCUT2D eigenvalue weighted by Crippen LogP contribution is -2.05. The molecule has 0 fully saturated rings. The number of carbonyl (C=O) groups excluding carboxylic acids is 1. The lowest BCUT2D eigenvalue weighted by Gasteiger charge is -2.10. The van der Waals surface area contributed by atoms with Gasteiger partial charge in [0.1, 0.15) is 11.3 Å². The van der Waals surface area contributed by atoms with Crippen molar-refractivity contribution in [3.8, 4) is 5.75 Å². The minimum absolute atomic E-state index is 0.109. The molecule has 0 spiro atoms. The van der Waals surface area contributed by atoms with Gasteiger partial charge in [0.15, 0.2) is 5.76 Å². The molecule has 0 atom stereocenters. The van der Waals surface area contributed by atoms with Crippen molar-refractivity contribution in [3.63, 3.8) is 0 Å². The molecular weight excluding hydrogens is 264 g/mol. The Balaban J connectivity index is 2.09. The van der Waals surface area contributed by atoms with Crippen LogP contribution >= 0.6 is 0 Å². The van der Waals surface area contributed by atoms with Gasteiger partial charge < -0.3 is 9.15 Å². The maximum atomic E-state index is 12.7. The zero-order chi connectivity index (χ0) is 14.8. The second kappa shape index (κ2) is 5.44. The second-order valence-corrected chi connectivity index (χ2v) is 4.82. The van der Waals surface area contributed by atoms with Crippen molar-refractivity contribution < 1.29 is 13.9 Å². The number of furan rings is 1. The molecule has 3 heteroatoms. The van der Waals surface area contributed by atoms with E-state index in [0.717, 1.165) is 28.7 Å². The summed E-state index contributed by atoms with van der Waals surface area (Å²) in [6.45, 7) is 2.01. The average Bonchev–Trinajstić information content (AvgIpc) is 2.97. The molecule has 3 aromatic rings. The Morgan fingerprint density at radius 3 is 2.67 bits per heavy atom. The van der Waals surface area contributed by atoms with Gasteiger partial charge in [-0.25, -0.2) is 0 Å². The van der Waals surface area contributed by atoms with Gasteiger partial charge in [0, 0.05) is 16.5 Å². The molecule has 0 aliphatic rings. The molecule has 2 aromatic carbocycles. The summed E-state index contributed by atoms with van der Waals surface area (Å²) in [4.78, 5) is 12.7. The molecule has 0 bridgehead atoms. The number of hydrogen-bond acceptors (Lipinski definition) is 3. The highest BCUT2D eigenvalue weighted by Gasteiger charge is 2.19. The Morgan fingerprint density at radius 2 is 1.95 bits per heavy atom. The maximum Gasteiger partial charge on any atom is 0.228 e. The SMILES string of the molecule is CCc1c(OC)cccc1C(=O)c1cc2ccccc2o1. The normalized spacial score (nSPS) is 10.8. The van der Waals surface area contributed by atoms with Crippen molar-refractivity contribution in [2.75, 3.05) is 7.11 Å². The lowest BCUT2D eigenvalue weighted by atomic mass is 9.99. The fraction of sp³-hybridized carbons (Fsp3) is 0.167. The van der Waals surface area contributed by atoms with Crippen LogP contribution in [0.4, 0.5) is 0 Å². The summed E-state index contributed by atoms with van der Waals surface area (Å²) in [6, 6.07) is 14.9. The van der Waals surface area contributed by atoms with E-state index < -0.39 is 0 Å². The van der Waals surface area contributed by atoms with Crippen LogP contribution < -0.4 is 4.74 Å². The monoisotopic (exact) mass is 280 g/mol. The third kappa shape index (κ3) is 2.31. The zero-order valence-electron chi connectivity index (χ0n) is 12.1. The molecule has 3 nitrogen and oxygen atoms in total. The number of para-hydroxylation sites is 1. The zero-order valence-corrected chi connectivity index (χ0v) is 12.1. The maximum absolute atomic E-state index is 12.7. The number of ether oxygens (including phenoxy) is 1. The van der Waals surface area contributed by atoms with E-state index in [2.05, 4.69) is 0 Å². The van der Waals surface area contributed by atoms with Crippen LogP contribution in [0.5, 0.6) is 5.75 Å². The van der Waals surface area contributed by atoms with E-state index in [1.807, 2.05) is 49.4 Å². The highest BCUT2D eigenvalue weighted by Crippen LogP contribution is 2.27. The van der Waals surface area contributed by atoms with E-state index in [1.54, 1.807) is 13.2 Å². The number of hydrogen-bond donors (Lipinski definition) is 0. The summed E-state index contributed by atoms with van der Waals surface area (Å²) in [6.07, 6.45) is 0.727. The second-order valence-electron chi connectivity index (χ2n) is 4.82. The van der Waals surface area contributed by atoms with Crippen LogP contribution in [0, 0.1) is 0 Å². The minimum Gasteiger partial charge on any atom is -0.496 e. The van der Waals surface area contributed by atoms with Crippen LogP contribution in [0.25, 0.3) is 11.0 Å². The summed E-state index contributed by atoms with van der Waals surface area (Å²) in [5, 5.41) is 0.932. The highest BCUT2D eigenvalue weighted by molar-refractivity contribution is 6.10. The fourth-order valence-electron chi connectivity index (χ4n) is 2.56. The van der Waals surface area contributed by atoms with Gasteiger partial charge in [-0.1, -0.05) is 37.3 Å². The van der Waals surface area contributed by atoms with Gasteiger partial charge in [0.25, 0.3) is 0 Å². The van der Waals surface area contributed by atoms with Gasteiger partial charge in [-0.3, -0.25) is 4.79 Å². The van der Waals surface area contributed by atoms with Crippen LogP contribution in [0.3, 0.4) is 0 Å². The number of carbonyl (C=O) groups is 1. The molecular formula is C18H16O3. The summed E-state index contributed by atoms with van der Waals surface area (Å²) < 4.78 is 11.0. The van der Waals surface area contributed by atoms with Crippen molar-refractivity contribution in [3.05, 3.63) is 65.4 Å². The summed E-state index contributed by atoms with van der Waals surface area (Å²) in [7, 11) is 1.62. The van der Waals surface area contributed by atoms with Crippen LogP contribution in [0.1, 0.15) is 28.6 Å².